The third kappa shape index (κ3) is 3.48. The van der Waals surface area contributed by atoms with Gasteiger partial charge in [-0.3, -0.25) is 0 Å². The van der Waals surface area contributed by atoms with Crippen molar-refractivity contribution in [2.75, 3.05) is 7.05 Å². The Morgan fingerprint density at radius 1 is 1.40 bits per heavy atom. The van der Waals surface area contributed by atoms with Gasteiger partial charge in [0, 0.05) is 21.2 Å². The number of rotatable bonds is 6. The molecular weight excluding hydrogens is 312 g/mol. The average Bonchev–Trinajstić information content (AvgIpc) is 2.98. The molecule has 0 bridgehead atoms. The van der Waals surface area contributed by atoms with Crippen LogP contribution in [0.15, 0.2) is 28.5 Å². The zero-order valence-corrected chi connectivity index (χ0v) is 14.1. The first kappa shape index (κ1) is 15.7. The van der Waals surface area contributed by atoms with Crippen molar-refractivity contribution in [3.05, 3.63) is 38.2 Å². The maximum absolute atomic E-state index is 12.5. The van der Waals surface area contributed by atoms with Crippen LogP contribution < -0.4 is 10.0 Å². The summed E-state index contributed by atoms with van der Waals surface area (Å²) in [5.41, 5.74) is 0. The molecule has 0 aliphatic carbocycles. The summed E-state index contributed by atoms with van der Waals surface area (Å²) in [6.45, 7) is 4.38. The average molecular weight is 331 g/mol. The zero-order valence-electron chi connectivity index (χ0n) is 11.6. The highest BCUT2D eigenvalue weighted by molar-refractivity contribution is 7.89. The molecule has 4 nitrogen and oxygen atoms in total. The van der Waals surface area contributed by atoms with Crippen molar-refractivity contribution < 1.29 is 8.42 Å². The molecule has 1 atom stereocenters. The van der Waals surface area contributed by atoms with Gasteiger partial charge < -0.3 is 5.32 Å². The SMILES string of the molecule is CNCc1cc(S(=O)(=O)NC(C)c2cccs2)c(C)s1. The summed E-state index contributed by atoms with van der Waals surface area (Å²) in [5.74, 6) is 0. The van der Waals surface area contributed by atoms with Crippen LogP contribution in [0.3, 0.4) is 0 Å². The van der Waals surface area contributed by atoms with Gasteiger partial charge in [-0.1, -0.05) is 6.07 Å². The van der Waals surface area contributed by atoms with Crippen LogP contribution in [0.5, 0.6) is 0 Å². The van der Waals surface area contributed by atoms with E-state index in [1.54, 1.807) is 17.4 Å². The Balaban J connectivity index is 2.22. The van der Waals surface area contributed by atoms with Gasteiger partial charge in [-0.2, -0.15) is 0 Å². The Labute approximate surface area is 127 Å². The summed E-state index contributed by atoms with van der Waals surface area (Å²) >= 11 is 3.06. The summed E-state index contributed by atoms with van der Waals surface area (Å²) in [5, 5.41) is 4.98. The molecule has 20 heavy (non-hydrogen) atoms. The minimum absolute atomic E-state index is 0.216. The fraction of sp³-hybridized carbons (Fsp3) is 0.385. The Bertz CT molecular complexity index is 660. The Morgan fingerprint density at radius 3 is 2.75 bits per heavy atom. The second-order valence-corrected chi connectivity index (χ2v) is 8.52. The third-order valence-electron chi connectivity index (χ3n) is 2.87. The molecule has 2 aromatic rings. The van der Waals surface area contributed by atoms with Crippen molar-refractivity contribution in [3.63, 3.8) is 0 Å². The lowest BCUT2D eigenvalue weighted by molar-refractivity contribution is 0.568. The van der Waals surface area contributed by atoms with Gasteiger partial charge in [-0.05, 0) is 38.4 Å². The highest BCUT2D eigenvalue weighted by Gasteiger charge is 2.22. The molecule has 0 fully saturated rings. The largest absolute Gasteiger partial charge is 0.315 e. The molecule has 2 rings (SSSR count). The Kier molecular flexibility index (Phi) is 4.98. The van der Waals surface area contributed by atoms with E-state index < -0.39 is 10.0 Å². The zero-order chi connectivity index (χ0) is 14.8. The molecule has 110 valence electrons. The first-order valence-corrected chi connectivity index (χ1v) is 9.41. The van der Waals surface area contributed by atoms with Crippen molar-refractivity contribution in [1.82, 2.24) is 10.0 Å². The van der Waals surface area contributed by atoms with Crippen LogP contribution in [0.4, 0.5) is 0 Å². The van der Waals surface area contributed by atoms with Gasteiger partial charge in [-0.15, -0.1) is 22.7 Å². The van der Waals surface area contributed by atoms with E-state index in [-0.39, 0.29) is 6.04 Å². The molecule has 0 saturated heterocycles. The molecule has 0 aliphatic rings. The highest BCUT2D eigenvalue weighted by Crippen LogP contribution is 2.27. The fourth-order valence-electron chi connectivity index (χ4n) is 1.94. The first-order chi connectivity index (χ1) is 9.44. The maximum atomic E-state index is 12.5. The summed E-state index contributed by atoms with van der Waals surface area (Å²) < 4.78 is 27.7. The molecule has 0 radical (unpaired) electrons. The van der Waals surface area contributed by atoms with Crippen LogP contribution in [0, 0.1) is 6.92 Å². The van der Waals surface area contributed by atoms with Gasteiger partial charge in [0.05, 0.1) is 10.9 Å². The second-order valence-electron chi connectivity index (χ2n) is 4.52. The predicted octanol–water partition coefficient (Wildman–Crippen LogP) is 2.88. The minimum Gasteiger partial charge on any atom is -0.315 e. The summed E-state index contributed by atoms with van der Waals surface area (Å²) in [6, 6.07) is 5.39. The van der Waals surface area contributed by atoms with E-state index in [0.29, 0.717) is 11.4 Å². The Morgan fingerprint density at radius 2 is 2.15 bits per heavy atom. The molecule has 0 aromatic carbocycles. The third-order valence-corrected chi connectivity index (χ3v) is 6.77. The van der Waals surface area contributed by atoms with Crippen LogP contribution in [-0.2, 0) is 16.6 Å². The van der Waals surface area contributed by atoms with Crippen molar-refractivity contribution >= 4 is 32.7 Å². The van der Waals surface area contributed by atoms with Gasteiger partial charge in [0.2, 0.25) is 10.0 Å². The van der Waals surface area contributed by atoms with E-state index in [4.69, 9.17) is 0 Å². The molecule has 0 saturated carbocycles. The summed E-state index contributed by atoms with van der Waals surface area (Å²) in [6.07, 6.45) is 0. The van der Waals surface area contributed by atoms with Crippen LogP contribution >= 0.6 is 22.7 Å². The molecule has 7 heteroatoms. The number of hydrogen-bond acceptors (Lipinski definition) is 5. The molecule has 2 heterocycles. The molecule has 2 aromatic heterocycles. The maximum Gasteiger partial charge on any atom is 0.242 e. The molecule has 0 spiro atoms. The Hall–Kier alpha value is -0.730. The van der Waals surface area contributed by atoms with Crippen molar-refractivity contribution in [3.8, 4) is 0 Å². The number of nitrogens with one attached hydrogen (secondary N) is 2. The molecular formula is C13H18N2O2S3. The second kappa shape index (κ2) is 6.36. The van der Waals surface area contributed by atoms with E-state index in [1.165, 1.54) is 11.3 Å². The van der Waals surface area contributed by atoms with Gasteiger partial charge in [-0.25, -0.2) is 13.1 Å². The van der Waals surface area contributed by atoms with Crippen molar-refractivity contribution in [2.45, 2.75) is 31.3 Å². The normalized spacial score (nSPS) is 13.6. The van der Waals surface area contributed by atoms with E-state index >= 15 is 0 Å². The van der Waals surface area contributed by atoms with E-state index in [2.05, 4.69) is 10.0 Å². The topological polar surface area (TPSA) is 58.2 Å². The summed E-state index contributed by atoms with van der Waals surface area (Å²) in [4.78, 5) is 3.24. The minimum atomic E-state index is -3.47. The fourth-order valence-corrected chi connectivity index (χ4v) is 5.62. The van der Waals surface area contributed by atoms with E-state index in [9.17, 15) is 8.42 Å². The van der Waals surface area contributed by atoms with Crippen LogP contribution in [0.25, 0.3) is 0 Å². The van der Waals surface area contributed by atoms with Crippen LogP contribution in [-0.4, -0.2) is 15.5 Å². The van der Waals surface area contributed by atoms with Gasteiger partial charge in [0.25, 0.3) is 0 Å². The number of sulfonamides is 1. The number of thiophene rings is 2. The highest BCUT2D eigenvalue weighted by atomic mass is 32.2. The standard InChI is InChI=1S/C13H18N2O2S3/c1-9(12-5-4-6-18-12)15-20(16,17)13-7-11(8-14-3)19-10(13)2/h4-7,9,14-15H,8H2,1-3H3. The number of aryl methyl sites for hydroxylation is 1. The van der Waals surface area contributed by atoms with Crippen molar-refractivity contribution in [1.29, 1.82) is 0 Å². The van der Waals surface area contributed by atoms with Crippen molar-refractivity contribution in [2.24, 2.45) is 0 Å². The molecule has 2 N–H and O–H groups in total. The molecule has 1 unspecified atom stereocenters. The first-order valence-electron chi connectivity index (χ1n) is 6.23. The van der Waals surface area contributed by atoms with Gasteiger partial charge in [0.1, 0.15) is 0 Å². The molecule has 0 amide bonds. The lowest BCUT2D eigenvalue weighted by Gasteiger charge is -2.12. The molecule has 0 aliphatic heterocycles. The van der Waals surface area contributed by atoms with Gasteiger partial charge in [0.15, 0.2) is 0 Å². The van der Waals surface area contributed by atoms with Crippen LogP contribution in [0.2, 0.25) is 0 Å². The van der Waals surface area contributed by atoms with E-state index in [0.717, 1.165) is 14.6 Å². The summed E-state index contributed by atoms with van der Waals surface area (Å²) in [7, 11) is -1.63. The van der Waals surface area contributed by atoms with Gasteiger partial charge >= 0.3 is 0 Å². The lowest BCUT2D eigenvalue weighted by atomic mass is 10.3. The monoisotopic (exact) mass is 330 g/mol. The van der Waals surface area contributed by atoms with E-state index in [1.807, 2.05) is 38.4 Å². The predicted molar refractivity (Wildman–Crippen MR) is 84.9 cm³/mol. The quantitative estimate of drug-likeness (QED) is 0.856. The number of hydrogen-bond donors (Lipinski definition) is 2. The van der Waals surface area contributed by atoms with Crippen LogP contribution in [0.1, 0.15) is 27.6 Å². The smallest absolute Gasteiger partial charge is 0.242 e. The lowest BCUT2D eigenvalue weighted by Crippen LogP contribution is -2.26.